The van der Waals surface area contributed by atoms with Crippen molar-refractivity contribution >= 4 is 23.2 Å². The smallest absolute Gasteiger partial charge is 0.241 e. The van der Waals surface area contributed by atoms with Gasteiger partial charge in [0.1, 0.15) is 0 Å². The first-order valence-corrected chi connectivity index (χ1v) is 8.17. The average molecular weight is 390 g/mol. The number of anilines is 2. The van der Waals surface area contributed by atoms with Gasteiger partial charge in [-0.05, 0) is 50.4 Å². The lowest BCUT2D eigenvalue weighted by Crippen LogP contribution is -2.43. The fraction of sp³-hybridized carbons (Fsp3) is 0.211. The maximum atomic E-state index is 13.6. The van der Waals surface area contributed by atoms with E-state index in [9.17, 15) is 22.8 Å². The minimum absolute atomic E-state index is 0.291. The zero-order chi connectivity index (χ0) is 20.8. The van der Waals surface area contributed by atoms with E-state index in [1.807, 2.05) is 6.07 Å². The Labute approximate surface area is 159 Å². The highest BCUT2D eigenvalue weighted by Crippen LogP contribution is 2.19. The zero-order valence-electron chi connectivity index (χ0n) is 15.1. The summed E-state index contributed by atoms with van der Waals surface area (Å²) in [6.07, 6.45) is 0. The third-order valence-corrected chi connectivity index (χ3v) is 4.02. The van der Waals surface area contributed by atoms with Crippen LogP contribution in [-0.4, -0.2) is 36.3 Å². The third kappa shape index (κ3) is 5.08. The third-order valence-electron chi connectivity index (χ3n) is 4.02. The van der Waals surface area contributed by atoms with Gasteiger partial charge in [0.2, 0.25) is 11.8 Å². The molecular weight excluding hydrogens is 373 g/mol. The molecule has 0 spiro atoms. The molecule has 1 atom stereocenters. The van der Waals surface area contributed by atoms with E-state index in [0.717, 1.165) is 6.07 Å². The van der Waals surface area contributed by atoms with E-state index in [1.165, 1.54) is 11.9 Å². The van der Waals surface area contributed by atoms with E-state index in [-0.39, 0.29) is 6.54 Å². The summed E-state index contributed by atoms with van der Waals surface area (Å²) in [7, 11) is 1.50. The van der Waals surface area contributed by atoms with Gasteiger partial charge in [-0.25, -0.2) is 13.2 Å². The van der Waals surface area contributed by atoms with E-state index in [2.05, 4.69) is 10.6 Å². The van der Waals surface area contributed by atoms with Crippen molar-refractivity contribution in [2.75, 3.05) is 24.2 Å². The van der Waals surface area contributed by atoms with Crippen molar-refractivity contribution in [3.63, 3.8) is 0 Å². The summed E-state index contributed by atoms with van der Waals surface area (Å²) in [6, 6.07) is 9.09. The molecule has 28 heavy (non-hydrogen) atoms. The van der Waals surface area contributed by atoms with Gasteiger partial charge in [0.05, 0.1) is 29.9 Å². The Morgan fingerprint density at radius 3 is 2.32 bits per heavy atom. The molecule has 0 aromatic heterocycles. The number of hydrogen-bond donors (Lipinski definition) is 2. The van der Waals surface area contributed by atoms with Crippen LogP contribution in [-0.2, 0) is 9.59 Å². The molecule has 0 aliphatic heterocycles. The molecule has 146 valence electrons. The van der Waals surface area contributed by atoms with Gasteiger partial charge in [-0.1, -0.05) is 0 Å². The summed E-state index contributed by atoms with van der Waals surface area (Å²) in [6.45, 7) is 1.27. The van der Waals surface area contributed by atoms with Crippen molar-refractivity contribution in [3.8, 4) is 6.07 Å². The van der Waals surface area contributed by atoms with Crippen LogP contribution in [0.5, 0.6) is 0 Å². The molecule has 6 nitrogen and oxygen atoms in total. The molecule has 0 radical (unpaired) electrons. The van der Waals surface area contributed by atoms with Gasteiger partial charge in [0.25, 0.3) is 0 Å². The number of carbonyl (C=O) groups is 2. The van der Waals surface area contributed by atoms with E-state index >= 15 is 0 Å². The number of carbonyl (C=O) groups excluding carboxylic acids is 2. The highest BCUT2D eigenvalue weighted by Gasteiger charge is 2.21. The van der Waals surface area contributed by atoms with Gasteiger partial charge in [0.15, 0.2) is 17.5 Å². The Bertz CT molecular complexity index is 926. The fourth-order valence-electron chi connectivity index (χ4n) is 2.25. The number of nitrogens with zero attached hydrogens (tertiary/aromatic N) is 2. The molecule has 0 saturated heterocycles. The predicted octanol–water partition coefficient (Wildman–Crippen LogP) is 2.87. The number of nitrogens with one attached hydrogen (secondary N) is 2. The Hall–Kier alpha value is -3.38. The monoisotopic (exact) mass is 390 g/mol. The molecular formula is C19H17F3N4O2. The first-order valence-electron chi connectivity index (χ1n) is 8.17. The molecule has 2 aromatic rings. The number of hydrogen-bond acceptors (Lipinski definition) is 4. The molecule has 2 aromatic carbocycles. The van der Waals surface area contributed by atoms with Gasteiger partial charge in [-0.2, -0.15) is 5.26 Å². The second-order valence-electron chi connectivity index (χ2n) is 6.04. The Balaban J connectivity index is 1.94. The highest BCUT2D eigenvalue weighted by molar-refractivity contribution is 5.96. The quantitative estimate of drug-likeness (QED) is 0.743. The fourth-order valence-corrected chi connectivity index (χ4v) is 2.25. The lowest BCUT2D eigenvalue weighted by atomic mass is 10.2. The van der Waals surface area contributed by atoms with Crippen LogP contribution in [0.25, 0.3) is 0 Å². The number of amides is 2. The molecule has 0 saturated carbocycles. The number of likely N-dealkylation sites (N-methyl/N-ethyl adjacent to an activating group) is 1. The second kappa shape index (κ2) is 9.01. The topological polar surface area (TPSA) is 85.2 Å². The van der Waals surface area contributed by atoms with E-state index < -0.39 is 41.0 Å². The summed E-state index contributed by atoms with van der Waals surface area (Å²) in [5.41, 5.74) is 0.439. The van der Waals surface area contributed by atoms with E-state index in [4.69, 9.17) is 5.26 Å². The maximum absolute atomic E-state index is 13.6. The Kier molecular flexibility index (Phi) is 6.74. The molecule has 2 N–H and O–H groups in total. The molecule has 0 bridgehead atoms. The SMILES string of the molecule is C[C@@H](C(=O)Nc1ccc(C#N)cc1)N(C)CC(=O)Nc1ccc(F)c(F)c1F. The van der Waals surface area contributed by atoms with Crippen molar-refractivity contribution in [3.05, 3.63) is 59.4 Å². The van der Waals surface area contributed by atoms with Crippen molar-refractivity contribution < 1.29 is 22.8 Å². The number of benzene rings is 2. The van der Waals surface area contributed by atoms with Crippen molar-refractivity contribution in [2.24, 2.45) is 0 Å². The first kappa shape index (κ1) is 20.9. The largest absolute Gasteiger partial charge is 0.325 e. The molecule has 0 heterocycles. The van der Waals surface area contributed by atoms with Crippen LogP contribution in [0.1, 0.15) is 12.5 Å². The van der Waals surface area contributed by atoms with Crippen LogP contribution in [0, 0.1) is 28.8 Å². The van der Waals surface area contributed by atoms with E-state index in [0.29, 0.717) is 17.3 Å². The zero-order valence-corrected chi connectivity index (χ0v) is 15.1. The van der Waals surface area contributed by atoms with Gasteiger partial charge in [0, 0.05) is 5.69 Å². The van der Waals surface area contributed by atoms with Gasteiger partial charge in [-0.3, -0.25) is 14.5 Å². The normalized spacial score (nSPS) is 11.6. The summed E-state index contributed by atoms with van der Waals surface area (Å²) >= 11 is 0. The second-order valence-corrected chi connectivity index (χ2v) is 6.04. The average Bonchev–Trinajstić information content (AvgIpc) is 2.68. The van der Waals surface area contributed by atoms with Crippen molar-refractivity contribution in [1.29, 1.82) is 5.26 Å². The molecule has 0 aliphatic rings. The minimum Gasteiger partial charge on any atom is -0.325 e. The van der Waals surface area contributed by atoms with Crippen LogP contribution in [0.2, 0.25) is 0 Å². The lowest BCUT2D eigenvalue weighted by molar-refractivity contribution is -0.122. The van der Waals surface area contributed by atoms with Crippen LogP contribution < -0.4 is 10.6 Å². The Morgan fingerprint density at radius 2 is 1.71 bits per heavy atom. The van der Waals surface area contributed by atoms with E-state index in [1.54, 1.807) is 31.2 Å². The summed E-state index contributed by atoms with van der Waals surface area (Å²) < 4.78 is 39.8. The summed E-state index contributed by atoms with van der Waals surface area (Å²) in [5, 5.41) is 13.5. The van der Waals surface area contributed by atoms with Gasteiger partial charge < -0.3 is 10.6 Å². The molecule has 2 rings (SSSR count). The van der Waals surface area contributed by atoms with Gasteiger partial charge in [-0.15, -0.1) is 0 Å². The van der Waals surface area contributed by atoms with Crippen LogP contribution >= 0.6 is 0 Å². The molecule has 2 amide bonds. The molecule has 0 aliphatic carbocycles. The molecule has 0 unspecified atom stereocenters. The summed E-state index contributed by atoms with van der Waals surface area (Å²) in [4.78, 5) is 25.7. The predicted molar refractivity (Wildman–Crippen MR) is 96.8 cm³/mol. The Morgan fingerprint density at radius 1 is 1.07 bits per heavy atom. The van der Waals surface area contributed by atoms with Crippen LogP contribution in [0.15, 0.2) is 36.4 Å². The molecule has 9 heteroatoms. The van der Waals surface area contributed by atoms with Gasteiger partial charge >= 0.3 is 0 Å². The standard InChI is InChI=1S/C19H17F3N4O2/c1-11(19(28)24-13-5-3-12(9-23)4-6-13)26(2)10-16(27)25-15-8-7-14(20)17(21)18(15)22/h3-8,11H,10H2,1-2H3,(H,24,28)(H,25,27)/t11-/m0/s1. The van der Waals surface area contributed by atoms with Crippen LogP contribution in [0.4, 0.5) is 24.5 Å². The minimum atomic E-state index is -1.68. The summed E-state index contributed by atoms with van der Waals surface area (Å²) in [5.74, 6) is -5.64. The van der Waals surface area contributed by atoms with Crippen LogP contribution in [0.3, 0.4) is 0 Å². The number of nitriles is 1. The first-order chi connectivity index (χ1) is 13.2. The highest BCUT2D eigenvalue weighted by atomic mass is 19.2. The maximum Gasteiger partial charge on any atom is 0.241 e. The van der Waals surface area contributed by atoms with Crippen molar-refractivity contribution in [1.82, 2.24) is 4.90 Å². The van der Waals surface area contributed by atoms with Crippen molar-refractivity contribution in [2.45, 2.75) is 13.0 Å². The lowest BCUT2D eigenvalue weighted by Gasteiger charge is -2.23. The number of rotatable bonds is 6. The number of halogens is 3. The molecule has 0 fully saturated rings.